The van der Waals surface area contributed by atoms with Gasteiger partial charge in [-0.2, -0.15) is 11.8 Å². The molecule has 0 saturated carbocycles. The lowest BCUT2D eigenvalue weighted by Gasteiger charge is -2.35. The lowest BCUT2D eigenvalue weighted by Crippen LogP contribution is -2.38. The Hall–Kier alpha value is -0.670. The predicted octanol–water partition coefficient (Wildman–Crippen LogP) is 4.02. The summed E-state index contributed by atoms with van der Waals surface area (Å²) in [7, 11) is 1.76. The molecule has 0 aliphatic carbocycles. The van der Waals surface area contributed by atoms with Gasteiger partial charge in [-0.15, -0.1) is 0 Å². The first-order valence-electron chi connectivity index (χ1n) is 7.21. The molecule has 3 heteroatoms. The molecule has 0 bridgehead atoms. The fraction of sp³-hybridized carbons (Fsp3) is 0.625. The first-order valence-corrected chi connectivity index (χ1v) is 8.20. The number of hydrogen-bond donors (Lipinski definition) is 1. The summed E-state index contributed by atoms with van der Waals surface area (Å²) in [5.41, 5.74) is 1.30. The zero-order valence-electron chi connectivity index (χ0n) is 12.2. The number of para-hydroxylation sites is 1. The van der Waals surface area contributed by atoms with E-state index in [0.717, 1.165) is 18.7 Å². The van der Waals surface area contributed by atoms with Crippen LogP contribution >= 0.6 is 11.8 Å². The first-order chi connectivity index (χ1) is 9.21. The summed E-state index contributed by atoms with van der Waals surface area (Å²) in [5, 5.41) is 3.74. The first kappa shape index (κ1) is 14.7. The Balaban J connectivity index is 2.31. The molecule has 1 N–H and O–H groups in total. The van der Waals surface area contributed by atoms with Crippen LogP contribution in [0.1, 0.15) is 44.7 Å². The molecule has 1 heterocycles. The van der Waals surface area contributed by atoms with E-state index in [0.29, 0.717) is 6.04 Å². The SMILES string of the molecule is CCCNC(c1ccccc1OC)C1(C)CCCS1. The van der Waals surface area contributed by atoms with Crippen LogP contribution in [0.4, 0.5) is 0 Å². The summed E-state index contributed by atoms with van der Waals surface area (Å²) in [6.45, 7) is 5.67. The lowest BCUT2D eigenvalue weighted by molar-refractivity contribution is 0.372. The number of ether oxygens (including phenoxy) is 1. The molecule has 2 unspecified atom stereocenters. The Morgan fingerprint density at radius 2 is 2.21 bits per heavy atom. The maximum Gasteiger partial charge on any atom is 0.123 e. The summed E-state index contributed by atoms with van der Waals surface area (Å²) in [5.74, 6) is 2.28. The lowest BCUT2D eigenvalue weighted by atomic mass is 9.89. The molecule has 2 nitrogen and oxygen atoms in total. The largest absolute Gasteiger partial charge is 0.496 e. The molecule has 2 atom stereocenters. The van der Waals surface area contributed by atoms with Crippen LogP contribution in [0.3, 0.4) is 0 Å². The number of benzene rings is 1. The van der Waals surface area contributed by atoms with E-state index < -0.39 is 0 Å². The Kier molecular flexibility index (Phi) is 5.17. The highest BCUT2D eigenvalue weighted by atomic mass is 32.2. The average molecular weight is 279 g/mol. The van der Waals surface area contributed by atoms with E-state index in [2.05, 4.69) is 49.1 Å². The molecule has 1 fully saturated rings. The monoisotopic (exact) mass is 279 g/mol. The number of nitrogens with one attached hydrogen (secondary N) is 1. The topological polar surface area (TPSA) is 21.3 Å². The number of thioether (sulfide) groups is 1. The molecule has 2 rings (SSSR count). The second kappa shape index (κ2) is 6.67. The van der Waals surface area contributed by atoms with Gasteiger partial charge >= 0.3 is 0 Å². The van der Waals surface area contributed by atoms with Gasteiger partial charge in [0.25, 0.3) is 0 Å². The second-order valence-electron chi connectivity index (χ2n) is 5.39. The molecule has 0 spiro atoms. The van der Waals surface area contributed by atoms with E-state index in [-0.39, 0.29) is 4.75 Å². The fourth-order valence-electron chi connectivity index (χ4n) is 2.88. The zero-order valence-corrected chi connectivity index (χ0v) is 13.1. The van der Waals surface area contributed by atoms with Crippen LogP contribution in [0.2, 0.25) is 0 Å². The van der Waals surface area contributed by atoms with Crippen molar-refractivity contribution in [2.75, 3.05) is 19.4 Å². The van der Waals surface area contributed by atoms with Crippen LogP contribution < -0.4 is 10.1 Å². The number of rotatable bonds is 6. The van der Waals surface area contributed by atoms with E-state index in [1.807, 2.05) is 6.07 Å². The minimum atomic E-state index is 0.282. The smallest absolute Gasteiger partial charge is 0.123 e. The molecule has 0 radical (unpaired) electrons. The normalized spacial score (nSPS) is 24.4. The maximum absolute atomic E-state index is 5.56. The summed E-state index contributed by atoms with van der Waals surface area (Å²) >= 11 is 2.10. The third kappa shape index (κ3) is 3.26. The summed E-state index contributed by atoms with van der Waals surface area (Å²) in [6.07, 6.45) is 3.75. The minimum absolute atomic E-state index is 0.282. The number of hydrogen-bond acceptors (Lipinski definition) is 3. The molecule has 1 aliphatic heterocycles. The Morgan fingerprint density at radius 3 is 2.84 bits per heavy atom. The minimum Gasteiger partial charge on any atom is -0.496 e. The van der Waals surface area contributed by atoms with E-state index >= 15 is 0 Å². The molecule has 19 heavy (non-hydrogen) atoms. The van der Waals surface area contributed by atoms with E-state index in [9.17, 15) is 0 Å². The van der Waals surface area contributed by atoms with Crippen molar-refractivity contribution in [3.63, 3.8) is 0 Å². The standard InChI is InChI=1S/C16H25NOS/c1-4-11-17-15(16(2)10-7-12-19-16)13-8-5-6-9-14(13)18-3/h5-6,8-9,15,17H,4,7,10-12H2,1-3H3. The van der Waals surface area contributed by atoms with E-state index in [1.165, 1.54) is 24.2 Å². The highest BCUT2D eigenvalue weighted by Gasteiger charge is 2.39. The molecular formula is C16H25NOS. The van der Waals surface area contributed by atoms with Crippen LogP contribution in [0.25, 0.3) is 0 Å². The van der Waals surface area contributed by atoms with Gasteiger partial charge in [-0.3, -0.25) is 0 Å². The van der Waals surface area contributed by atoms with Crippen molar-refractivity contribution in [2.24, 2.45) is 0 Å². The molecule has 1 aromatic carbocycles. The van der Waals surface area contributed by atoms with Crippen LogP contribution in [-0.2, 0) is 0 Å². The van der Waals surface area contributed by atoms with Crippen molar-refractivity contribution in [3.05, 3.63) is 29.8 Å². The van der Waals surface area contributed by atoms with Crippen LogP contribution in [0.15, 0.2) is 24.3 Å². The van der Waals surface area contributed by atoms with Crippen molar-refractivity contribution in [2.45, 2.75) is 43.9 Å². The van der Waals surface area contributed by atoms with Gasteiger partial charge in [-0.1, -0.05) is 25.1 Å². The Morgan fingerprint density at radius 1 is 1.42 bits per heavy atom. The molecule has 1 aliphatic rings. The summed E-state index contributed by atoms with van der Waals surface area (Å²) in [4.78, 5) is 0. The quantitative estimate of drug-likeness (QED) is 0.849. The van der Waals surface area contributed by atoms with Crippen molar-refractivity contribution < 1.29 is 4.74 Å². The highest BCUT2D eigenvalue weighted by molar-refractivity contribution is 8.00. The van der Waals surface area contributed by atoms with Gasteiger partial charge in [0.1, 0.15) is 5.75 Å². The molecule has 106 valence electrons. The van der Waals surface area contributed by atoms with Crippen molar-refractivity contribution >= 4 is 11.8 Å². The average Bonchev–Trinajstić information content (AvgIpc) is 2.87. The molecule has 1 saturated heterocycles. The van der Waals surface area contributed by atoms with Gasteiger partial charge in [0.15, 0.2) is 0 Å². The van der Waals surface area contributed by atoms with Gasteiger partial charge in [-0.05, 0) is 44.6 Å². The highest BCUT2D eigenvalue weighted by Crippen LogP contribution is 2.48. The van der Waals surface area contributed by atoms with Gasteiger partial charge in [0, 0.05) is 10.3 Å². The van der Waals surface area contributed by atoms with Gasteiger partial charge < -0.3 is 10.1 Å². The number of methoxy groups -OCH3 is 1. The third-order valence-corrected chi connectivity index (χ3v) is 5.50. The molecular weight excluding hydrogens is 254 g/mol. The second-order valence-corrected chi connectivity index (χ2v) is 7.02. The fourth-order valence-corrected chi connectivity index (χ4v) is 4.30. The van der Waals surface area contributed by atoms with Crippen LogP contribution in [0, 0.1) is 0 Å². The van der Waals surface area contributed by atoms with Crippen LogP contribution in [0.5, 0.6) is 5.75 Å². The zero-order chi connectivity index (χ0) is 13.7. The Bertz CT molecular complexity index is 401. The maximum atomic E-state index is 5.56. The van der Waals surface area contributed by atoms with Gasteiger partial charge in [0.05, 0.1) is 13.2 Å². The molecule has 0 amide bonds. The van der Waals surface area contributed by atoms with Gasteiger partial charge in [-0.25, -0.2) is 0 Å². The summed E-state index contributed by atoms with van der Waals surface area (Å²) in [6, 6.07) is 8.80. The summed E-state index contributed by atoms with van der Waals surface area (Å²) < 4.78 is 5.84. The van der Waals surface area contributed by atoms with Gasteiger partial charge in [0.2, 0.25) is 0 Å². The van der Waals surface area contributed by atoms with Crippen molar-refractivity contribution in [1.29, 1.82) is 0 Å². The van der Waals surface area contributed by atoms with Crippen molar-refractivity contribution in [3.8, 4) is 5.75 Å². The predicted molar refractivity (Wildman–Crippen MR) is 84.1 cm³/mol. The van der Waals surface area contributed by atoms with Crippen molar-refractivity contribution in [1.82, 2.24) is 5.32 Å². The third-order valence-electron chi connectivity index (χ3n) is 3.91. The van der Waals surface area contributed by atoms with E-state index in [4.69, 9.17) is 4.74 Å². The van der Waals surface area contributed by atoms with Crippen LogP contribution in [-0.4, -0.2) is 24.2 Å². The Labute approximate surface area is 121 Å². The molecule has 1 aromatic rings. The van der Waals surface area contributed by atoms with E-state index in [1.54, 1.807) is 7.11 Å². The molecule has 0 aromatic heterocycles.